The summed E-state index contributed by atoms with van der Waals surface area (Å²) in [6.45, 7) is 0. The summed E-state index contributed by atoms with van der Waals surface area (Å²) < 4.78 is 5.13. The number of hydrogen-bond donors (Lipinski definition) is 0. The van der Waals surface area contributed by atoms with Crippen LogP contribution in [0.5, 0.6) is 5.75 Å². The molecule has 2 heterocycles. The molecule has 0 saturated carbocycles. The molecule has 0 bridgehead atoms. The number of rotatable bonds is 2. The van der Waals surface area contributed by atoms with Crippen molar-refractivity contribution in [2.45, 2.75) is 0 Å². The van der Waals surface area contributed by atoms with Crippen molar-refractivity contribution >= 4 is 11.0 Å². The molecule has 88 valence electrons. The molecule has 2 aromatic heterocycles. The summed E-state index contributed by atoms with van der Waals surface area (Å²) in [4.78, 5) is 12.6. The molecule has 0 unspecified atom stereocenters. The maximum atomic E-state index is 5.13. The topological polar surface area (TPSA) is 47.9 Å². The normalized spacial score (nSPS) is 10.5. The summed E-state index contributed by atoms with van der Waals surface area (Å²) in [6, 6.07) is 11.7. The first-order valence-electron chi connectivity index (χ1n) is 5.58. The molecule has 0 aliphatic rings. The number of benzene rings is 1. The van der Waals surface area contributed by atoms with Crippen molar-refractivity contribution in [1.29, 1.82) is 0 Å². The van der Waals surface area contributed by atoms with Crippen molar-refractivity contribution < 1.29 is 4.74 Å². The number of nitrogens with zero attached hydrogens (tertiary/aromatic N) is 3. The van der Waals surface area contributed by atoms with Crippen LogP contribution in [0.15, 0.2) is 48.9 Å². The lowest BCUT2D eigenvalue weighted by atomic mass is 10.1. The van der Waals surface area contributed by atoms with Crippen LogP contribution in [0, 0.1) is 0 Å². The molecular weight excluding hydrogens is 226 g/mol. The van der Waals surface area contributed by atoms with Crippen LogP contribution in [0.3, 0.4) is 0 Å². The van der Waals surface area contributed by atoms with Gasteiger partial charge in [-0.2, -0.15) is 0 Å². The van der Waals surface area contributed by atoms with E-state index in [9.17, 15) is 0 Å². The molecule has 0 saturated heterocycles. The van der Waals surface area contributed by atoms with Gasteiger partial charge in [-0.05, 0) is 36.4 Å². The number of fused-ring (bicyclic) bond motifs is 1. The summed E-state index contributed by atoms with van der Waals surface area (Å²) in [7, 11) is 1.65. The molecule has 3 rings (SSSR count). The Morgan fingerprint density at radius 1 is 1.00 bits per heavy atom. The minimum Gasteiger partial charge on any atom is -0.497 e. The molecule has 0 spiro atoms. The van der Waals surface area contributed by atoms with E-state index >= 15 is 0 Å². The maximum absolute atomic E-state index is 5.13. The number of hydrogen-bond acceptors (Lipinski definition) is 4. The van der Waals surface area contributed by atoms with E-state index in [0.717, 1.165) is 22.4 Å². The molecule has 0 fully saturated rings. The van der Waals surface area contributed by atoms with Gasteiger partial charge in [-0.25, -0.2) is 15.0 Å². The lowest BCUT2D eigenvalue weighted by Gasteiger charge is -2.04. The maximum Gasteiger partial charge on any atom is 0.163 e. The zero-order valence-electron chi connectivity index (χ0n) is 9.87. The molecule has 3 aromatic rings. The van der Waals surface area contributed by atoms with Crippen molar-refractivity contribution in [3.63, 3.8) is 0 Å². The minimum absolute atomic E-state index is 0.707. The Morgan fingerprint density at radius 3 is 2.61 bits per heavy atom. The second-order valence-electron chi connectivity index (χ2n) is 3.86. The molecule has 18 heavy (non-hydrogen) atoms. The highest BCUT2D eigenvalue weighted by Crippen LogP contribution is 2.22. The van der Waals surface area contributed by atoms with Crippen LogP contribution >= 0.6 is 0 Å². The predicted molar refractivity (Wildman–Crippen MR) is 69.3 cm³/mol. The SMILES string of the molecule is COc1ccc(-c2ccc3cncnc3n2)cc1. The van der Waals surface area contributed by atoms with Crippen molar-refractivity contribution in [2.24, 2.45) is 0 Å². The molecule has 0 aliphatic carbocycles. The molecule has 4 heteroatoms. The van der Waals surface area contributed by atoms with E-state index in [1.807, 2.05) is 36.4 Å². The lowest BCUT2D eigenvalue weighted by molar-refractivity contribution is 0.415. The third kappa shape index (κ3) is 1.88. The average Bonchev–Trinajstić information content (AvgIpc) is 2.47. The Labute approximate surface area is 104 Å². The summed E-state index contributed by atoms with van der Waals surface area (Å²) in [5.74, 6) is 0.835. The smallest absolute Gasteiger partial charge is 0.163 e. The van der Waals surface area contributed by atoms with E-state index in [2.05, 4.69) is 15.0 Å². The fourth-order valence-corrected chi connectivity index (χ4v) is 1.79. The number of aromatic nitrogens is 3. The highest BCUT2D eigenvalue weighted by atomic mass is 16.5. The summed E-state index contributed by atoms with van der Waals surface area (Å²) >= 11 is 0. The lowest BCUT2D eigenvalue weighted by Crippen LogP contribution is -1.89. The largest absolute Gasteiger partial charge is 0.497 e. The van der Waals surface area contributed by atoms with Crippen molar-refractivity contribution in [3.05, 3.63) is 48.9 Å². The third-order valence-corrected chi connectivity index (χ3v) is 2.75. The van der Waals surface area contributed by atoms with Gasteiger partial charge in [-0.3, -0.25) is 0 Å². The first-order valence-corrected chi connectivity index (χ1v) is 5.58. The number of pyridine rings is 1. The Morgan fingerprint density at radius 2 is 1.83 bits per heavy atom. The zero-order valence-corrected chi connectivity index (χ0v) is 9.87. The van der Waals surface area contributed by atoms with Gasteiger partial charge in [0.1, 0.15) is 12.1 Å². The van der Waals surface area contributed by atoms with E-state index in [4.69, 9.17) is 4.74 Å². The van der Waals surface area contributed by atoms with Gasteiger partial charge in [0.05, 0.1) is 12.8 Å². The Kier molecular flexibility index (Phi) is 2.61. The fourth-order valence-electron chi connectivity index (χ4n) is 1.79. The molecule has 0 atom stereocenters. The second-order valence-corrected chi connectivity index (χ2v) is 3.86. The fraction of sp³-hybridized carbons (Fsp3) is 0.0714. The summed E-state index contributed by atoms with van der Waals surface area (Å²) in [5, 5.41) is 0.940. The Bertz CT molecular complexity index is 680. The van der Waals surface area contributed by atoms with Crippen LogP contribution in [-0.4, -0.2) is 22.1 Å². The van der Waals surface area contributed by atoms with Crippen molar-refractivity contribution in [1.82, 2.24) is 15.0 Å². The molecule has 0 amide bonds. The van der Waals surface area contributed by atoms with E-state index in [1.165, 1.54) is 6.33 Å². The first kappa shape index (κ1) is 10.7. The van der Waals surface area contributed by atoms with Crippen LogP contribution < -0.4 is 4.74 Å². The van der Waals surface area contributed by atoms with Crippen LogP contribution in [0.25, 0.3) is 22.3 Å². The van der Waals surface area contributed by atoms with E-state index in [-0.39, 0.29) is 0 Å². The van der Waals surface area contributed by atoms with Gasteiger partial charge >= 0.3 is 0 Å². The highest BCUT2D eigenvalue weighted by Gasteiger charge is 2.02. The van der Waals surface area contributed by atoms with Crippen molar-refractivity contribution in [2.75, 3.05) is 7.11 Å². The Balaban J connectivity index is 2.07. The van der Waals surface area contributed by atoms with Crippen molar-refractivity contribution in [3.8, 4) is 17.0 Å². The van der Waals surface area contributed by atoms with Crippen LogP contribution in [0.4, 0.5) is 0 Å². The predicted octanol–water partition coefficient (Wildman–Crippen LogP) is 2.70. The molecule has 0 aliphatic heterocycles. The standard InChI is InChI=1S/C14H11N3O/c1-18-12-5-2-10(3-6-12)13-7-4-11-8-15-9-16-14(11)17-13/h2-9H,1H3. The molecule has 4 nitrogen and oxygen atoms in total. The quantitative estimate of drug-likeness (QED) is 0.687. The van der Waals surface area contributed by atoms with Gasteiger partial charge in [-0.15, -0.1) is 0 Å². The van der Waals surface area contributed by atoms with Gasteiger partial charge in [0.2, 0.25) is 0 Å². The van der Waals surface area contributed by atoms with Gasteiger partial charge in [-0.1, -0.05) is 0 Å². The van der Waals surface area contributed by atoms with Gasteiger partial charge in [0.25, 0.3) is 0 Å². The monoisotopic (exact) mass is 237 g/mol. The highest BCUT2D eigenvalue weighted by molar-refractivity contribution is 5.77. The summed E-state index contributed by atoms with van der Waals surface area (Å²) in [5.41, 5.74) is 2.64. The van der Waals surface area contributed by atoms with Gasteiger partial charge in [0, 0.05) is 17.1 Å². The van der Waals surface area contributed by atoms with Crippen LogP contribution in [0.1, 0.15) is 0 Å². The molecular formula is C14H11N3O. The molecule has 0 N–H and O–H groups in total. The molecule has 1 aromatic carbocycles. The van der Waals surface area contributed by atoms with Crippen LogP contribution in [0.2, 0.25) is 0 Å². The van der Waals surface area contributed by atoms with E-state index in [1.54, 1.807) is 13.3 Å². The van der Waals surface area contributed by atoms with Gasteiger partial charge < -0.3 is 4.74 Å². The minimum atomic E-state index is 0.707. The molecule has 0 radical (unpaired) electrons. The Hall–Kier alpha value is -2.49. The summed E-state index contributed by atoms with van der Waals surface area (Å²) in [6.07, 6.45) is 3.26. The van der Waals surface area contributed by atoms with Gasteiger partial charge in [0.15, 0.2) is 5.65 Å². The number of methoxy groups -OCH3 is 1. The third-order valence-electron chi connectivity index (χ3n) is 2.75. The zero-order chi connectivity index (χ0) is 12.4. The average molecular weight is 237 g/mol. The second kappa shape index (κ2) is 4.41. The van der Waals surface area contributed by atoms with Crippen LogP contribution in [-0.2, 0) is 0 Å². The van der Waals surface area contributed by atoms with E-state index < -0.39 is 0 Å². The van der Waals surface area contributed by atoms with E-state index in [0.29, 0.717) is 5.65 Å². The number of ether oxygens (including phenoxy) is 1. The first-order chi connectivity index (χ1) is 8.86.